The molecule has 0 saturated heterocycles. The summed E-state index contributed by atoms with van der Waals surface area (Å²) in [5.41, 5.74) is 2.88. The van der Waals surface area contributed by atoms with E-state index in [2.05, 4.69) is 50.4 Å². The molecule has 1 aliphatic carbocycles. The van der Waals surface area contributed by atoms with Gasteiger partial charge in [0.1, 0.15) is 0 Å². The summed E-state index contributed by atoms with van der Waals surface area (Å²) >= 11 is 0. The lowest BCUT2D eigenvalue weighted by Crippen LogP contribution is -2.39. The molecule has 1 aromatic carbocycles. The highest BCUT2D eigenvalue weighted by atomic mass is 14.9. The molecule has 1 heteroatoms. The largest absolute Gasteiger partial charge is 0.314 e. The van der Waals surface area contributed by atoms with E-state index in [0.29, 0.717) is 6.04 Å². The minimum Gasteiger partial charge on any atom is -0.314 e. The molecular formula is C20H33N. The van der Waals surface area contributed by atoms with Crippen LogP contribution in [-0.2, 0) is 6.42 Å². The van der Waals surface area contributed by atoms with Crippen molar-refractivity contribution in [2.45, 2.75) is 71.8 Å². The van der Waals surface area contributed by atoms with Crippen LogP contribution in [0.2, 0.25) is 0 Å². The maximum absolute atomic E-state index is 3.77. The Labute approximate surface area is 131 Å². The summed E-state index contributed by atoms with van der Waals surface area (Å²) in [4.78, 5) is 0. The van der Waals surface area contributed by atoms with E-state index in [0.717, 1.165) is 18.4 Å². The van der Waals surface area contributed by atoms with Crippen LogP contribution in [0.3, 0.4) is 0 Å². The molecule has 0 spiro atoms. The van der Waals surface area contributed by atoms with E-state index < -0.39 is 0 Å². The van der Waals surface area contributed by atoms with Gasteiger partial charge in [-0.3, -0.25) is 0 Å². The van der Waals surface area contributed by atoms with Gasteiger partial charge in [-0.1, -0.05) is 69.4 Å². The standard InChI is InChI=1S/C20H33N/c1-4-7-17-10-12-19(13-11-17)20(21-5-2)15-18-9-6-8-16(3)14-18/h6,8-9,14,17,19-21H,4-5,7,10-13,15H2,1-3H3. The molecule has 1 N–H and O–H groups in total. The minimum absolute atomic E-state index is 0.666. The normalized spacial score (nSPS) is 24.0. The van der Waals surface area contributed by atoms with Crippen LogP contribution in [0, 0.1) is 18.8 Å². The zero-order valence-electron chi connectivity index (χ0n) is 14.2. The molecule has 1 fully saturated rings. The van der Waals surface area contributed by atoms with Crippen LogP contribution in [0.4, 0.5) is 0 Å². The zero-order chi connectivity index (χ0) is 15.1. The average Bonchev–Trinajstić information content (AvgIpc) is 2.48. The third kappa shape index (κ3) is 5.14. The molecule has 1 unspecified atom stereocenters. The summed E-state index contributed by atoms with van der Waals surface area (Å²) in [7, 11) is 0. The van der Waals surface area contributed by atoms with E-state index in [1.165, 1.54) is 56.1 Å². The first-order valence-corrected chi connectivity index (χ1v) is 9.01. The molecule has 0 heterocycles. The molecule has 1 nitrogen and oxygen atoms in total. The van der Waals surface area contributed by atoms with Crippen molar-refractivity contribution >= 4 is 0 Å². The lowest BCUT2D eigenvalue weighted by molar-refractivity contribution is 0.213. The molecule has 21 heavy (non-hydrogen) atoms. The lowest BCUT2D eigenvalue weighted by atomic mass is 9.76. The van der Waals surface area contributed by atoms with Crippen LogP contribution in [0.15, 0.2) is 24.3 Å². The van der Waals surface area contributed by atoms with E-state index in [9.17, 15) is 0 Å². The fraction of sp³-hybridized carbons (Fsp3) is 0.700. The molecule has 0 aromatic heterocycles. The van der Waals surface area contributed by atoms with Gasteiger partial charge in [0.05, 0.1) is 0 Å². The molecular weight excluding hydrogens is 254 g/mol. The molecule has 1 aromatic rings. The first kappa shape index (κ1) is 16.5. The zero-order valence-corrected chi connectivity index (χ0v) is 14.2. The molecule has 1 saturated carbocycles. The summed E-state index contributed by atoms with van der Waals surface area (Å²) in [6.45, 7) is 7.85. The Morgan fingerprint density at radius 3 is 2.52 bits per heavy atom. The number of aryl methyl sites for hydroxylation is 1. The van der Waals surface area contributed by atoms with Gasteiger partial charge in [-0.15, -0.1) is 0 Å². The van der Waals surface area contributed by atoms with E-state index >= 15 is 0 Å². The molecule has 0 aliphatic heterocycles. The second-order valence-corrected chi connectivity index (χ2v) is 6.93. The number of benzene rings is 1. The third-order valence-corrected chi connectivity index (χ3v) is 5.16. The number of likely N-dealkylation sites (N-methyl/N-ethyl adjacent to an activating group) is 1. The van der Waals surface area contributed by atoms with Crippen molar-refractivity contribution in [2.75, 3.05) is 6.54 Å². The van der Waals surface area contributed by atoms with Gasteiger partial charge in [0.2, 0.25) is 0 Å². The second-order valence-electron chi connectivity index (χ2n) is 6.93. The minimum atomic E-state index is 0.666. The van der Waals surface area contributed by atoms with Crippen LogP contribution in [0.25, 0.3) is 0 Å². The van der Waals surface area contributed by atoms with Crippen molar-refractivity contribution < 1.29 is 0 Å². The molecule has 0 radical (unpaired) electrons. The van der Waals surface area contributed by atoms with Gasteiger partial charge in [-0.05, 0) is 50.1 Å². The van der Waals surface area contributed by atoms with E-state index in [-0.39, 0.29) is 0 Å². The second kappa shape index (κ2) is 8.58. The predicted octanol–water partition coefficient (Wildman–Crippen LogP) is 5.12. The number of hydrogen-bond donors (Lipinski definition) is 1. The van der Waals surface area contributed by atoms with Crippen LogP contribution in [0.5, 0.6) is 0 Å². The average molecular weight is 287 g/mol. The number of hydrogen-bond acceptors (Lipinski definition) is 1. The van der Waals surface area contributed by atoms with Crippen molar-refractivity contribution in [1.82, 2.24) is 5.32 Å². The predicted molar refractivity (Wildman–Crippen MR) is 92.7 cm³/mol. The Hall–Kier alpha value is -0.820. The van der Waals surface area contributed by atoms with Gasteiger partial charge >= 0.3 is 0 Å². The number of rotatable bonds is 7. The van der Waals surface area contributed by atoms with Gasteiger partial charge in [-0.2, -0.15) is 0 Å². The van der Waals surface area contributed by atoms with E-state index in [1.807, 2.05) is 0 Å². The number of nitrogens with one attached hydrogen (secondary N) is 1. The van der Waals surface area contributed by atoms with Crippen molar-refractivity contribution in [3.05, 3.63) is 35.4 Å². The maximum atomic E-state index is 3.77. The van der Waals surface area contributed by atoms with Gasteiger partial charge < -0.3 is 5.32 Å². The maximum Gasteiger partial charge on any atom is 0.0136 e. The molecule has 118 valence electrons. The monoisotopic (exact) mass is 287 g/mol. The summed E-state index contributed by atoms with van der Waals surface area (Å²) in [6, 6.07) is 9.71. The Morgan fingerprint density at radius 2 is 1.90 bits per heavy atom. The SMILES string of the molecule is CCCC1CCC(C(Cc2cccc(C)c2)NCC)CC1. The smallest absolute Gasteiger partial charge is 0.0136 e. The summed E-state index contributed by atoms with van der Waals surface area (Å²) in [6.07, 6.45) is 9.75. The van der Waals surface area contributed by atoms with Crippen molar-refractivity contribution in [3.8, 4) is 0 Å². The molecule has 0 bridgehead atoms. The Balaban J connectivity index is 1.93. The summed E-state index contributed by atoms with van der Waals surface area (Å²) < 4.78 is 0. The topological polar surface area (TPSA) is 12.0 Å². The van der Waals surface area contributed by atoms with Crippen LogP contribution < -0.4 is 5.32 Å². The van der Waals surface area contributed by atoms with Gasteiger partial charge in [0.15, 0.2) is 0 Å². The first-order chi connectivity index (χ1) is 10.2. The highest BCUT2D eigenvalue weighted by molar-refractivity contribution is 5.23. The molecule has 2 rings (SSSR count). The third-order valence-electron chi connectivity index (χ3n) is 5.16. The molecule has 0 amide bonds. The van der Waals surface area contributed by atoms with E-state index in [4.69, 9.17) is 0 Å². The van der Waals surface area contributed by atoms with Crippen LogP contribution in [0.1, 0.15) is 63.5 Å². The van der Waals surface area contributed by atoms with Gasteiger partial charge in [0.25, 0.3) is 0 Å². The fourth-order valence-electron chi connectivity index (χ4n) is 4.05. The van der Waals surface area contributed by atoms with Gasteiger partial charge in [0, 0.05) is 6.04 Å². The quantitative estimate of drug-likeness (QED) is 0.733. The van der Waals surface area contributed by atoms with Crippen molar-refractivity contribution in [2.24, 2.45) is 11.8 Å². The van der Waals surface area contributed by atoms with Crippen molar-refractivity contribution in [3.63, 3.8) is 0 Å². The van der Waals surface area contributed by atoms with Crippen LogP contribution in [-0.4, -0.2) is 12.6 Å². The Bertz CT molecular complexity index is 404. The molecule has 1 aliphatic rings. The van der Waals surface area contributed by atoms with Crippen LogP contribution >= 0.6 is 0 Å². The first-order valence-electron chi connectivity index (χ1n) is 9.01. The van der Waals surface area contributed by atoms with Crippen molar-refractivity contribution in [1.29, 1.82) is 0 Å². The van der Waals surface area contributed by atoms with E-state index in [1.54, 1.807) is 0 Å². The Morgan fingerprint density at radius 1 is 1.14 bits per heavy atom. The molecule has 1 atom stereocenters. The fourth-order valence-corrected chi connectivity index (χ4v) is 4.05. The highest BCUT2D eigenvalue weighted by Crippen LogP contribution is 2.34. The highest BCUT2D eigenvalue weighted by Gasteiger charge is 2.26. The Kier molecular flexibility index (Phi) is 6.76. The lowest BCUT2D eigenvalue weighted by Gasteiger charge is -2.34. The summed E-state index contributed by atoms with van der Waals surface area (Å²) in [5.74, 6) is 1.88. The summed E-state index contributed by atoms with van der Waals surface area (Å²) in [5, 5.41) is 3.77. The van der Waals surface area contributed by atoms with Gasteiger partial charge in [-0.25, -0.2) is 0 Å².